The molecule has 1 atom stereocenters. The van der Waals surface area contributed by atoms with E-state index in [1.165, 1.54) is 24.4 Å². The van der Waals surface area contributed by atoms with Crippen molar-refractivity contribution in [1.29, 1.82) is 0 Å². The number of carbonyl (C=O) groups is 2. The molecular formula is C18H20N4O5S. The molecule has 2 N–H and O–H groups in total. The molecule has 0 radical (unpaired) electrons. The smallest absolute Gasteiger partial charge is 0.269 e. The molecule has 3 heterocycles. The van der Waals surface area contributed by atoms with Gasteiger partial charge in [-0.1, -0.05) is 12.1 Å². The van der Waals surface area contributed by atoms with Crippen LogP contribution in [-0.4, -0.2) is 54.2 Å². The summed E-state index contributed by atoms with van der Waals surface area (Å²) in [5.41, 5.74) is 0.136. The first-order chi connectivity index (χ1) is 13.4. The molecule has 2 aromatic rings. The molecule has 1 unspecified atom stereocenters. The minimum Gasteiger partial charge on any atom is -0.396 e. The number of nitrogens with zero attached hydrogens (tertiary/aromatic N) is 3. The van der Waals surface area contributed by atoms with Gasteiger partial charge in [-0.3, -0.25) is 14.5 Å². The summed E-state index contributed by atoms with van der Waals surface area (Å²) >= 11 is 0. The number of rotatable bonds is 7. The van der Waals surface area contributed by atoms with Gasteiger partial charge in [-0.2, -0.15) is 0 Å². The largest absolute Gasteiger partial charge is 0.396 e. The highest BCUT2D eigenvalue weighted by Gasteiger charge is 2.47. The Morgan fingerprint density at radius 1 is 1.21 bits per heavy atom. The maximum Gasteiger partial charge on any atom is 0.269 e. The Labute approximate surface area is 162 Å². The van der Waals surface area contributed by atoms with Crippen molar-refractivity contribution in [3.8, 4) is 0 Å². The molecule has 0 aliphatic carbocycles. The lowest BCUT2D eigenvalue weighted by Crippen LogP contribution is -2.31. The summed E-state index contributed by atoms with van der Waals surface area (Å²) in [4.78, 5) is 34.0. The highest BCUT2D eigenvalue weighted by atomic mass is 32.2. The molecule has 9 nitrogen and oxygen atoms in total. The van der Waals surface area contributed by atoms with E-state index in [1.807, 2.05) is 0 Å². The van der Waals surface area contributed by atoms with Gasteiger partial charge in [0.05, 0.1) is 5.69 Å². The van der Waals surface area contributed by atoms with Crippen LogP contribution in [0, 0.1) is 0 Å². The molecule has 3 rings (SSSR count). The molecule has 1 fully saturated rings. The molecule has 2 aromatic heterocycles. The number of amides is 2. The zero-order valence-electron chi connectivity index (χ0n) is 15.0. The third kappa shape index (κ3) is 4.18. The topological polar surface area (TPSA) is 130 Å². The number of anilines is 1. The van der Waals surface area contributed by atoms with Crippen molar-refractivity contribution >= 4 is 27.5 Å². The van der Waals surface area contributed by atoms with Gasteiger partial charge in [-0.25, -0.2) is 18.4 Å². The average molecular weight is 404 g/mol. The molecule has 10 heteroatoms. The number of aliphatic hydroxyl groups is 1. The average Bonchev–Trinajstić information content (AvgIpc) is 2.94. The first-order valence-electron chi connectivity index (χ1n) is 8.75. The van der Waals surface area contributed by atoms with E-state index in [9.17, 15) is 18.0 Å². The van der Waals surface area contributed by atoms with Crippen LogP contribution in [0.5, 0.6) is 0 Å². The summed E-state index contributed by atoms with van der Waals surface area (Å²) in [6.45, 7) is 0.409. The number of unbranched alkanes of at least 4 members (excludes halogenated alkanes) is 1. The van der Waals surface area contributed by atoms with E-state index in [-0.39, 0.29) is 23.8 Å². The summed E-state index contributed by atoms with van der Waals surface area (Å²) in [5.74, 6) is -1.48. The monoisotopic (exact) mass is 404 g/mol. The van der Waals surface area contributed by atoms with Gasteiger partial charge in [0.25, 0.3) is 5.91 Å². The lowest BCUT2D eigenvalue weighted by molar-refractivity contribution is -0.115. The summed E-state index contributed by atoms with van der Waals surface area (Å²) < 4.78 is 25.3. The van der Waals surface area contributed by atoms with Gasteiger partial charge in [-0.05, 0) is 37.1 Å². The van der Waals surface area contributed by atoms with E-state index in [2.05, 4.69) is 15.3 Å². The zero-order chi connectivity index (χ0) is 20.1. The zero-order valence-corrected chi connectivity index (χ0v) is 15.8. The predicted octanol–water partition coefficient (Wildman–Crippen LogP) is 0.439. The summed E-state index contributed by atoms with van der Waals surface area (Å²) in [7, 11) is -3.84. The molecule has 28 heavy (non-hydrogen) atoms. The number of pyridine rings is 2. The Kier molecular flexibility index (Phi) is 6.00. The maximum atomic E-state index is 12.6. The van der Waals surface area contributed by atoms with Crippen molar-refractivity contribution in [2.24, 2.45) is 0 Å². The van der Waals surface area contributed by atoms with Crippen molar-refractivity contribution < 1.29 is 23.1 Å². The second kappa shape index (κ2) is 8.44. The summed E-state index contributed by atoms with van der Waals surface area (Å²) in [5, 5.41) is 10.1. The maximum absolute atomic E-state index is 12.6. The van der Waals surface area contributed by atoms with Crippen LogP contribution in [0.4, 0.5) is 5.82 Å². The van der Waals surface area contributed by atoms with Crippen LogP contribution in [0.15, 0.2) is 42.6 Å². The van der Waals surface area contributed by atoms with Gasteiger partial charge in [0.15, 0.2) is 15.2 Å². The fourth-order valence-corrected chi connectivity index (χ4v) is 4.60. The summed E-state index contributed by atoms with van der Waals surface area (Å²) in [6, 6.07) is 9.33. The quantitative estimate of drug-likeness (QED) is 0.641. The van der Waals surface area contributed by atoms with Crippen molar-refractivity contribution in [3.05, 3.63) is 54.0 Å². The lowest BCUT2D eigenvalue weighted by Gasteiger charge is -2.22. The molecule has 0 saturated carbocycles. The molecule has 0 spiro atoms. The Hall–Kier alpha value is -2.85. The lowest BCUT2D eigenvalue weighted by atomic mass is 10.2. The number of carbonyl (C=O) groups excluding carboxylic acids is 2. The minimum atomic E-state index is -3.84. The van der Waals surface area contributed by atoms with Gasteiger partial charge >= 0.3 is 0 Å². The number of aromatic nitrogens is 2. The fraction of sp³-hybridized carbons (Fsp3) is 0.333. The van der Waals surface area contributed by atoms with E-state index in [0.717, 1.165) is 4.90 Å². The van der Waals surface area contributed by atoms with Crippen LogP contribution in [0.3, 0.4) is 0 Å². The van der Waals surface area contributed by atoms with Crippen LogP contribution >= 0.6 is 0 Å². The Morgan fingerprint density at radius 3 is 2.75 bits per heavy atom. The predicted molar refractivity (Wildman–Crippen MR) is 101 cm³/mol. The second-order valence-electron chi connectivity index (χ2n) is 6.25. The third-order valence-corrected chi connectivity index (χ3v) is 5.97. The molecule has 2 amide bonds. The number of sulfone groups is 1. The first-order valence-corrected chi connectivity index (χ1v) is 10.5. The molecular weight excluding hydrogens is 384 g/mol. The SMILES string of the molecule is O=C(NCCCCO)c1cccc(C2N(c3ccccn3)C(=O)CS2(=O)=O)n1. The third-order valence-electron chi connectivity index (χ3n) is 4.19. The van der Waals surface area contributed by atoms with E-state index < -0.39 is 32.8 Å². The highest BCUT2D eigenvalue weighted by Crippen LogP contribution is 2.35. The van der Waals surface area contributed by atoms with Gasteiger partial charge in [-0.15, -0.1) is 0 Å². The molecule has 0 bridgehead atoms. The van der Waals surface area contributed by atoms with Crippen molar-refractivity contribution in [2.45, 2.75) is 18.2 Å². The molecule has 1 saturated heterocycles. The standard InChI is InChI=1S/C18H20N4O5S/c23-11-4-3-10-20-17(25)13-6-5-7-14(21-13)18-22(15-8-1-2-9-19-15)16(24)12-28(18,26)27/h1-2,5-9,18,23H,3-4,10-12H2,(H,20,25). The Morgan fingerprint density at radius 2 is 2.04 bits per heavy atom. The van der Waals surface area contributed by atoms with Gasteiger partial charge in [0, 0.05) is 19.3 Å². The second-order valence-corrected chi connectivity index (χ2v) is 8.31. The van der Waals surface area contributed by atoms with E-state index in [1.54, 1.807) is 18.2 Å². The summed E-state index contributed by atoms with van der Waals surface area (Å²) in [6.07, 6.45) is 2.64. The molecule has 148 valence electrons. The van der Waals surface area contributed by atoms with Gasteiger partial charge < -0.3 is 10.4 Å². The molecule has 1 aliphatic rings. The number of nitrogens with one attached hydrogen (secondary N) is 1. The number of aliphatic hydroxyl groups excluding tert-OH is 1. The van der Waals surface area contributed by atoms with E-state index in [0.29, 0.717) is 19.4 Å². The van der Waals surface area contributed by atoms with Crippen molar-refractivity contribution in [1.82, 2.24) is 15.3 Å². The highest BCUT2D eigenvalue weighted by molar-refractivity contribution is 7.93. The van der Waals surface area contributed by atoms with Crippen LogP contribution < -0.4 is 10.2 Å². The number of hydrogen-bond acceptors (Lipinski definition) is 7. The minimum absolute atomic E-state index is 0.0422. The van der Waals surface area contributed by atoms with Gasteiger partial charge in [0.2, 0.25) is 5.91 Å². The Bertz CT molecular complexity index is 965. The van der Waals surface area contributed by atoms with Crippen molar-refractivity contribution in [3.63, 3.8) is 0 Å². The molecule has 0 aromatic carbocycles. The van der Waals surface area contributed by atoms with Crippen LogP contribution in [0.1, 0.15) is 34.4 Å². The van der Waals surface area contributed by atoms with E-state index in [4.69, 9.17) is 5.11 Å². The van der Waals surface area contributed by atoms with Crippen LogP contribution in [0.25, 0.3) is 0 Å². The molecule has 1 aliphatic heterocycles. The normalized spacial score (nSPS) is 18.2. The van der Waals surface area contributed by atoms with Crippen LogP contribution in [-0.2, 0) is 14.6 Å². The van der Waals surface area contributed by atoms with Gasteiger partial charge in [0.1, 0.15) is 17.3 Å². The fourth-order valence-electron chi connectivity index (χ4n) is 2.92. The number of hydrogen-bond donors (Lipinski definition) is 2. The van der Waals surface area contributed by atoms with Crippen molar-refractivity contribution in [2.75, 3.05) is 23.8 Å². The first kappa shape index (κ1) is 19.9. The van der Waals surface area contributed by atoms with E-state index >= 15 is 0 Å². The van der Waals surface area contributed by atoms with Crippen LogP contribution in [0.2, 0.25) is 0 Å². The Balaban J connectivity index is 1.90.